The summed E-state index contributed by atoms with van der Waals surface area (Å²) in [6.07, 6.45) is 5.30. The van der Waals surface area contributed by atoms with Gasteiger partial charge in [0, 0.05) is 6.26 Å². The summed E-state index contributed by atoms with van der Waals surface area (Å²) in [5.74, 6) is 0. The molecule has 0 spiro atoms. The predicted octanol–water partition coefficient (Wildman–Crippen LogP) is 0.192. The van der Waals surface area contributed by atoms with E-state index in [9.17, 15) is 8.42 Å². The molecular weight excluding hydrogens is 204 g/mol. The number of nitrogens with zero attached hydrogens (tertiary/aromatic N) is 4. The van der Waals surface area contributed by atoms with Crippen LogP contribution >= 0.6 is 0 Å². The molecule has 0 unspecified atom stereocenters. The standard InChI is InChI=1S/C7H12N4O2S/c1-14(12,13)7-8-9-10-11(7)6-4-2-3-5-6/h6H,2-5H2,1H3. The molecule has 0 radical (unpaired) electrons. The van der Waals surface area contributed by atoms with Crippen LogP contribution in [0.25, 0.3) is 0 Å². The van der Waals surface area contributed by atoms with Crippen molar-refractivity contribution in [2.75, 3.05) is 6.26 Å². The first-order chi connectivity index (χ1) is 6.59. The van der Waals surface area contributed by atoms with Gasteiger partial charge >= 0.3 is 0 Å². The lowest BCUT2D eigenvalue weighted by Crippen LogP contribution is -2.14. The first kappa shape index (κ1) is 9.57. The molecule has 1 heterocycles. The fourth-order valence-electron chi connectivity index (χ4n) is 1.81. The second kappa shape index (κ2) is 3.30. The van der Waals surface area contributed by atoms with E-state index in [1.807, 2.05) is 0 Å². The molecule has 6 nitrogen and oxygen atoms in total. The normalized spacial score (nSPS) is 18.9. The number of hydrogen-bond donors (Lipinski definition) is 0. The van der Waals surface area contributed by atoms with Crippen LogP contribution in [-0.4, -0.2) is 34.9 Å². The van der Waals surface area contributed by atoms with Crippen molar-refractivity contribution in [3.63, 3.8) is 0 Å². The maximum absolute atomic E-state index is 11.3. The Morgan fingerprint density at radius 1 is 1.36 bits per heavy atom. The van der Waals surface area contributed by atoms with Crippen LogP contribution in [0, 0.1) is 0 Å². The predicted molar refractivity (Wildman–Crippen MR) is 48.4 cm³/mol. The third-order valence-electron chi connectivity index (χ3n) is 2.46. The van der Waals surface area contributed by atoms with Crippen LogP contribution < -0.4 is 0 Å². The second-order valence-electron chi connectivity index (χ2n) is 3.62. The highest BCUT2D eigenvalue weighted by Crippen LogP contribution is 2.29. The molecule has 1 saturated carbocycles. The van der Waals surface area contributed by atoms with Gasteiger partial charge in [-0.2, -0.15) is 0 Å². The lowest BCUT2D eigenvalue weighted by molar-refractivity contribution is 0.416. The van der Waals surface area contributed by atoms with Gasteiger partial charge < -0.3 is 0 Å². The Morgan fingerprint density at radius 2 is 2.00 bits per heavy atom. The fourth-order valence-corrected chi connectivity index (χ4v) is 2.52. The van der Waals surface area contributed by atoms with Gasteiger partial charge in [0.15, 0.2) is 0 Å². The Morgan fingerprint density at radius 3 is 2.57 bits per heavy atom. The van der Waals surface area contributed by atoms with Crippen molar-refractivity contribution in [3.8, 4) is 0 Å². The molecule has 0 N–H and O–H groups in total. The second-order valence-corrected chi connectivity index (χ2v) is 5.53. The van der Waals surface area contributed by atoms with E-state index in [1.165, 1.54) is 4.68 Å². The molecule has 0 aliphatic heterocycles. The van der Waals surface area contributed by atoms with Crippen molar-refractivity contribution in [1.82, 2.24) is 20.2 Å². The molecule has 1 aliphatic carbocycles. The third-order valence-corrected chi connectivity index (χ3v) is 3.40. The van der Waals surface area contributed by atoms with Gasteiger partial charge in [-0.3, -0.25) is 0 Å². The Balaban J connectivity index is 2.39. The zero-order valence-electron chi connectivity index (χ0n) is 7.92. The molecule has 0 aromatic carbocycles. The Kier molecular flexibility index (Phi) is 2.26. The molecular formula is C7H12N4O2S. The van der Waals surface area contributed by atoms with Gasteiger partial charge in [-0.1, -0.05) is 17.9 Å². The Labute approximate surface area is 82.2 Å². The zero-order chi connectivity index (χ0) is 10.2. The molecule has 0 amide bonds. The van der Waals surface area contributed by atoms with Crippen molar-refractivity contribution >= 4 is 9.84 Å². The average Bonchev–Trinajstić information content (AvgIpc) is 2.73. The molecule has 0 atom stereocenters. The van der Waals surface area contributed by atoms with Crippen molar-refractivity contribution < 1.29 is 8.42 Å². The van der Waals surface area contributed by atoms with Crippen molar-refractivity contribution in [1.29, 1.82) is 0 Å². The average molecular weight is 216 g/mol. The summed E-state index contributed by atoms with van der Waals surface area (Å²) in [4.78, 5) is 0. The molecule has 0 bridgehead atoms. The van der Waals surface area contributed by atoms with E-state index < -0.39 is 9.84 Å². The fraction of sp³-hybridized carbons (Fsp3) is 0.857. The van der Waals surface area contributed by atoms with E-state index in [2.05, 4.69) is 15.5 Å². The quantitative estimate of drug-likeness (QED) is 0.705. The minimum atomic E-state index is -3.30. The van der Waals surface area contributed by atoms with Gasteiger partial charge in [0.1, 0.15) is 0 Å². The van der Waals surface area contributed by atoms with Crippen molar-refractivity contribution in [3.05, 3.63) is 0 Å². The largest absolute Gasteiger partial charge is 0.267 e. The van der Waals surface area contributed by atoms with Gasteiger partial charge in [0.05, 0.1) is 6.04 Å². The van der Waals surface area contributed by atoms with E-state index in [-0.39, 0.29) is 11.2 Å². The van der Waals surface area contributed by atoms with E-state index in [1.54, 1.807) is 0 Å². The zero-order valence-corrected chi connectivity index (χ0v) is 8.74. The molecule has 14 heavy (non-hydrogen) atoms. The van der Waals surface area contributed by atoms with Gasteiger partial charge in [0.2, 0.25) is 9.84 Å². The van der Waals surface area contributed by atoms with E-state index in [0.717, 1.165) is 31.9 Å². The summed E-state index contributed by atoms with van der Waals surface area (Å²) in [5.41, 5.74) is 0. The highest BCUT2D eigenvalue weighted by atomic mass is 32.2. The summed E-state index contributed by atoms with van der Waals surface area (Å²) in [7, 11) is -3.30. The molecule has 7 heteroatoms. The monoisotopic (exact) mass is 216 g/mol. The minimum Gasteiger partial charge on any atom is -0.221 e. The highest BCUT2D eigenvalue weighted by molar-refractivity contribution is 7.90. The van der Waals surface area contributed by atoms with Crippen LogP contribution in [0.1, 0.15) is 31.7 Å². The van der Waals surface area contributed by atoms with Crippen LogP contribution in [0.5, 0.6) is 0 Å². The Bertz CT molecular complexity index is 419. The number of hydrogen-bond acceptors (Lipinski definition) is 5. The summed E-state index contributed by atoms with van der Waals surface area (Å²) in [5, 5.41) is 10.7. The molecule has 1 fully saturated rings. The SMILES string of the molecule is CS(=O)(=O)c1nnnn1C1CCCC1. The number of tetrazole rings is 1. The Hall–Kier alpha value is -0.980. The molecule has 2 rings (SSSR count). The lowest BCUT2D eigenvalue weighted by atomic mass is 10.3. The van der Waals surface area contributed by atoms with E-state index in [4.69, 9.17) is 0 Å². The summed E-state index contributed by atoms with van der Waals surface area (Å²) >= 11 is 0. The maximum atomic E-state index is 11.3. The molecule has 1 aliphatic rings. The van der Waals surface area contributed by atoms with E-state index >= 15 is 0 Å². The smallest absolute Gasteiger partial charge is 0.221 e. The summed E-state index contributed by atoms with van der Waals surface area (Å²) in [6, 6.07) is 0.162. The van der Waals surface area contributed by atoms with Gasteiger partial charge in [-0.15, -0.1) is 0 Å². The van der Waals surface area contributed by atoms with Gasteiger partial charge in [-0.05, 0) is 23.3 Å². The molecule has 1 aromatic heterocycles. The summed E-state index contributed by atoms with van der Waals surface area (Å²) in [6.45, 7) is 0. The van der Waals surface area contributed by atoms with E-state index in [0.29, 0.717) is 0 Å². The van der Waals surface area contributed by atoms with Gasteiger partial charge in [0.25, 0.3) is 5.16 Å². The molecule has 1 aromatic rings. The maximum Gasteiger partial charge on any atom is 0.267 e. The van der Waals surface area contributed by atoms with Crippen LogP contribution in [0.2, 0.25) is 0 Å². The third kappa shape index (κ3) is 1.63. The number of sulfone groups is 1. The van der Waals surface area contributed by atoms with Crippen LogP contribution in [0.15, 0.2) is 5.16 Å². The minimum absolute atomic E-state index is 0.00981. The lowest BCUT2D eigenvalue weighted by Gasteiger charge is -2.09. The molecule has 0 saturated heterocycles. The topological polar surface area (TPSA) is 77.7 Å². The van der Waals surface area contributed by atoms with Crippen molar-refractivity contribution in [2.24, 2.45) is 0 Å². The molecule has 78 valence electrons. The first-order valence-corrected chi connectivity index (χ1v) is 6.46. The number of aromatic nitrogens is 4. The van der Waals surface area contributed by atoms with Gasteiger partial charge in [-0.25, -0.2) is 13.1 Å². The van der Waals surface area contributed by atoms with Crippen LogP contribution in [-0.2, 0) is 9.84 Å². The van der Waals surface area contributed by atoms with Crippen molar-refractivity contribution in [2.45, 2.75) is 36.9 Å². The first-order valence-electron chi connectivity index (χ1n) is 4.57. The van der Waals surface area contributed by atoms with Crippen LogP contribution in [0.4, 0.5) is 0 Å². The number of rotatable bonds is 2. The highest BCUT2D eigenvalue weighted by Gasteiger charge is 2.25. The van der Waals surface area contributed by atoms with Crippen LogP contribution in [0.3, 0.4) is 0 Å². The summed E-state index contributed by atoms with van der Waals surface area (Å²) < 4.78 is 24.1.